The molecule has 3 heterocycles. The maximum Gasteiger partial charge on any atom is 0.243 e. The Hall–Kier alpha value is -1.90. The number of anilines is 2. The fourth-order valence-electron chi connectivity index (χ4n) is 3.69. The molecule has 0 aliphatic carbocycles. The Labute approximate surface area is 171 Å². The number of sulfonamides is 1. The van der Waals surface area contributed by atoms with Crippen molar-refractivity contribution in [3.8, 4) is 0 Å². The van der Waals surface area contributed by atoms with Gasteiger partial charge >= 0.3 is 0 Å². The molecular weight excluding hydrogens is 398 g/mol. The van der Waals surface area contributed by atoms with E-state index >= 15 is 0 Å². The van der Waals surface area contributed by atoms with Crippen LogP contribution in [0.15, 0.2) is 41.3 Å². The molecule has 28 heavy (non-hydrogen) atoms. The first-order valence-corrected chi connectivity index (χ1v) is 11.5. The van der Waals surface area contributed by atoms with Crippen molar-refractivity contribution in [3.05, 3.63) is 41.4 Å². The van der Waals surface area contributed by atoms with Gasteiger partial charge in [-0.05, 0) is 55.7 Å². The van der Waals surface area contributed by atoms with Crippen molar-refractivity contribution in [1.82, 2.24) is 14.5 Å². The molecule has 1 aromatic carbocycles. The van der Waals surface area contributed by atoms with Crippen LogP contribution >= 0.6 is 11.6 Å². The molecule has 4 rings (SSSR count). The van der Waals surface area contributed by atoms with Crippen LogP contribution in [0.2, 0.25) is 5.02 Å². The molecule has 0 N–H and O–H groups in total. The number of piperazine rings is 1. The summed E-state index contributed by atoms with van der Waals surface area (Å²) in [7, 11) is -3.50. The lowest BCUT2D eigenvalue weighted by Gasteiger charge is -2.34. The predicted molar refractivity (Wildman–Crippen MR) is 111 cm³/mol. The van der Waals surface area contributed by atoms with Gasteiger partial charge in [-0.15, -0.1) is 10.2 Å². The Balaban J connectivity index is 1.39. The molecule has 0 radical (unpaired) electrons. The standard InChI is InChI=1S/C19H24ClN5O2S/c20-16-4-6-17(7-5-16)28(26,27)25-14-12-24(13-15-25)19-9-8-18(21-22-19)23-10-2-1-3-11-23/h4-9H,1-3,10-15H2. The van der Waals surface area contributed by atoms with E-state index in [1.165, 1.54) is 23.6 Å². The van der Waals surface area contributed by atoms with Gasteiger partial charge < -0.3 is 9.80 Å². The lowest BCUT2D eigenvalue weighted by molar-refractivity contribution is 0.383. The largest absolute Gasteiger partial charge is 0.355 e. The van der Waals surface area contributed by atoms with Gasteiger partial charge in [-0.25, -0.2) is 8.42 Å². The van der Waals surface area contributed by atoms with Gasteiger partial charge in [-0.3, -0.25) is 0 Å². The number of piperidine rings is 1. The Bertz CT molecular complexity index is 891. The Morgan fingerprint density at radius 1 is 0.714 bits per heavy atom. The second-order valence-electron chi connectivity index (χ2n) is 7.14. The summed E-state index contributed by atoms with van der Waals surface area (Å²) >= 11 is 5.86. The average Bonchev–Trinajstić information content (AvgIpc) is 2.75. The summed E-state index contributed by atoms with van der Waals surface area (Å²) in [6.07, 6.45) is 3.69. The molecule has 0 saturated carbocycles. The molecule has 2 fully saturated rings. The van der Waals surface area contributed by atoms with Gasteiger partial charge in [0.15, 0.2) is 11.6 Å². The number of nitrogens with zero attached hydrogens (tertiary/aromatic N) is 5. The van der Waals surface area contributed by atoms with Crippen LogP contribution in [0.4, 0.5) is 11.6 Å². The smallest absolute Gasteiger partial charge is 0.243 e. The van der Waals surface area contributed by atoms with Crippen molar-refractivity contribution in [1.29, 1.82) is 0 Å². The molecule has 0 amide bonds. The van der Waals surface area contributed by atoms with Crippen LogP contribution in [-0.4, -0.2) is 62.2 Å². The summed E-state index contributed by atoms with van der Waals surface area (Å²) in [6, 6.07) is 10.3. The summed E-state index contributed by atoms with van der Waals surface area (Å²) in [6.45, 7) is 4.08. The first-order valence-electron chi connectivity index (χ1n) is 9.63. The second-order valence-corrected chi connectivity index (χ2v) is 9.52. The van der Waals surface area contributed by atoms with Crippen LogP contribution < -0.4 is 9.80 Å². The molecule has 2 aliphatic rings. The molecule has 0 unspecified atom stereocenters. The van der Waals surface area contributed by atoms with E-state index in [0.717, 1.165) is 24.7 Å². The van der Waals surface area contributed by atoms with E-state index in [0.29, 0.717) is 31.2 Å². The molecule has 1 aromatic heterocycles. The highest BCUT2D eigenvalue weighted by Gasteiger charge is 2.29. The molecule has 0 bridgehead atoms. The normalized spacial score (nSPS) is 19.0. The molecular formula is C19H24ClN5O2S. The van der Waals surface area contributed by atoms with Crippen molar-refractivity contribution in [3.63, 3.8) is 0 Å². The first kappa shape index (κ1) is 19.4. The van der Waals surface area contributed by atoms with Crippen molar-refractivity contribution in [2.24, 2.45) is 0 Å². The van der Waals surface area contributed by atoms with Crippen molar-refractivity contribution in [2.45, 2.75) is 24.2 Å². The maximum atomic E-state index is 12.8. The lowest BCUT2D eigenvalue weighted by atomic mass is 10.1. The maximum absolute atomic E-state index is 12.8. The van der Waals surface area contributed by atoms with E-state index in [1.807, 2.05) is 12.1 Å². The molecule has 2 aliphatic heterocycles. The van der Waals surface area contributed by atoms with Crippen molar-refractivity contribution in [2.75, 3.05) is 49.1 Å². The minimum atomic E-state index is -3.50. The number of halogens is 1. The molecule has 9 heteroatoms. The van der Waals surface area contributed by atoms with Gasteiger partial charge in [0, 0.05) is 44.3 Å². The third kappa shape index (κ3) is 4.09. The van der Waals surface area contributed by atoms with E-state index in [2.05, 4.69) is 20.0 Å². The fraction of sp³-hybridized carbons (Fsp3) is 0.474. The first-order chi connectivity index (χ1) is 13.5. The van der Waals surface area contributed by atoms with Gasteiger partial charge in [0.2, 0.25) is 10.0 Å². The topological polar surface area (TPSA) is 69.6 Å². The number of benzene rings is 1. The summed E-state index contributed by atoms with van der Waals surface area (Å²) in [4.78, 5) is 4.63. The summed E-state index contributed by atoms with van der Waals surface area (Å²) in [5.74, 6) is 1.72. The van der Waals surface area contributed by atoms with Crippen LogP contribution in [0.1, 0.15) is 19.3 Å². The fourth-order valence-corrected chi connectivity index (χ4v) is 5.24. The molecule has 0 spiro atoms. The van der Waals surface area contributed by atoms with Crippen molar-refractivity contribution >= 4 is 33.3 Å². The highest BCUT2D eigenvalue weighted by molar-refractivity contribution is 7.89. The monoisotopic (exact) mass is 421 g/mol. The second kappa shape index (κ2) is 8.23. The summed E-state index contributed by atoms with van der Waals surface area (Å²) in [5.41, 5.74) is 0. The van der Waals surface area contributed by atoms with E-state index < -0.39 is 10.0 Å². The van der Waals surface area contributed by atoms with Crippen LogP contribution in [0.5, 0.6) is 0 Å². The third-order valence-corrected chi connectivity index (χ3v) is 7.50. The number of aromatic nitrogens is 2. The van der Waals surface area contributed by atoms with Gasteiger partial charge in [-0.2, -0.15) is 4.31 Å². The van der Waals surface area contributed by atoms with Crippen LogP contribution in [0, 0.1) is 0 Å². The Kier molecular flexibility index (Phi) is 5.70. The minimum absolute atomic E-state index is 0.274. The number of hydrogen-bond acceptors (Lipinski definition) is 6. The van der Waals surface area contributed by atoms with Gasteiger partial charge in [0.05, 0.1) is 4.90 Å². The molecule has 150 valence electrons. The minimum Gasteiger partial charge on any atom is -0.355 e. The summed E-state index contributed by atoms with van der Waals surface area (Å²) in [5, 5.41) is 9.30. The average molecular weight is 422 g/mol. The van der Waals surface area contributed by atoms with Crippen LogP contribution in [0.25, 0.3) is 0 Å². The SMILES string of the molecule is O=S(=O)(c1ccc(Cl)cc1)N1CCN(c2ccc(N3CCCCC3)nn2)CC1. The lowest BCUT2D eigenvalue weighted by Crippen LogP contribution is -2.49. The summed E-state index contributed by atoms with van der Waals surface area (Å²) < 4.78 is 27.1. The molecule has 0 atom stereocenters. The quantitative estimate of drug-likeness (QED) is 0.755. The molecule has 2 saturated heterocycles. The zero-order valence-corrected chi connectivity index (χ0v) is 17.2. The number of rotatable bonds is 4. The van der Waals surface area contributed by atoms with Crippen LogP contribution in [0.3, 0.4) is 0 Å². The predicted octanol–water partition coefficient (Wildman–Crippen LogP) is 2.63. The number of hydrogen-bond donors (Lipinski definition) is 0. The highest BCUT2D eigenvalue weighted by atomic mass is 35.5. The zero-order chi connectivity index (χ0) is 19.6. The van der Waals surface area contributed by atoms with E-state index in [9.17, 15) is 8.42 Å². The van der Waals surface area contributed by atoms with Crippen molar-refractivity contribution < 1.29 is 8.42 Å². The van der Waals surface area contributed by atoms with E-state index in [-0.39, 0.29) is 4.90 Å². The van der Waals surface area contributed by atoms with Gasteiger partial charge in [-0.1, -0.05) is 11.6 Å². The van der Waals surface area contributed by atoms with Gasteiger partial charge in [0.1, 0.15) is 0 Å². The zero-order valence-electron chi connectivity index (χ0n) is 15.7. The molecule has 7 nitrogen and oxygen atoms in total. The Morgan fingerprint density at radius 3 is 1.79 bits per heavy atom. The Morgan fingerprint density at radius 2 is 1.25 bits per heavy atom. The van der Waals surface area contributed by atoms with E-state index in [4.69, 9.17) is 11.6 Å². The van der Waals surface area contributed by atoms with E-state index in [1.54, 1.807) is 24.3 Å². The van der Waals surface area contributed by atoms with Crippen LogP contribution in [-0.2, 0) is 10.0 Å². The molecule has 2 aromatic rings. The van der Waals surface area contributed by atoms with Gasteiger partial charge in [0.25, 0.3) is 0 Å². The highest BCUT2D eigenvalue weighted by Crippen LogP contribution is 2.23. The third-order valence-electron chi connectivity index (χ3n) is 5.33.